The molecule has 1 heterocycles. The van der Waals surface area contributed by atoms with Crippen molar-refractivity contribution in [2.45, 2.75) is 19.3 Å². The standard InChI is InChI=1S/C59H40N2/c1-59(2)50-26-14-13-24-47(50)56-48(25-15-27-51(56)59)53-36-52(60-58(61-53)39-19-7-4-8-20-39)42-30-28-41-35-43(31-29-40(41)34-42)55-46-23-12-11-22-45(46)54(38-17-5-3-6-18-38)49-33-32-37-16-9-10-21-44(37)57(49)55/h3-36H,1-2H3. The Morgan fingerprint density at radius 3 is 1.69 bits per heavy atom. The number of hydrogen-bond donors (Lipinski definition) is 0. The largest absolute Gasteiger partial charge is 0.228 e. The second-order valence-electron chi connectivity index (χ2n) is 16.9. The van der Waals surface area contributed by atoms with E-state index in [0.29, 0.717) is 0 Å². The minimum atomic E-state index is -0.104. The topological polar surface area (TPSA) is 25.8 Å². The number of fused-ring (bicyclic) bond motifs is 8. The molecule has 0 N–H and O–H groups in total. The highest BCUT2D eigenvalue weighted by atomic mass is 14.9. The van der Waals surface area contributed by atoms with Crippen LogP contribution in [-0.4, -0.2) is 9.97 Å². The molecule has 1 aliphatic carbocycles. The van der Waals surface area contributed by atoms with Gasteiger partial charge in [-0.25, -0.2) is 9.97 Å². The lowest BCUT2D eigenvalue weighted by Crippen LogP contribution is -2.14. The molecule has 10 aromatic carbocycles. The van der Waals surface area contributed by atoms with Crippen molar-refractivity contribution in [1.82, 2.24) is 9.97 Å². The summed E-state index contributed by atoms with van der Waals surface area (Å²) in [5.41, 5.74) is 15.1. The zero-order valence-electron chi connectivity index (χ0n) is 34.0. The summed E-state index contributed by atoms with van der Waals surface area (Å²) in [4.78, 5) is 10.5. The SMILES string of the molecule is CC1(C)c2ccccc2-c2c(-c3cc(-c4ccc5cc(-c6c7ccccc7c(-c7ccccc7)c7ccc8ccccc8c67)ccc5c4)nc(-c4ccccc4)n3)cccc21. The van der Waals surface area contributed by atoms with Gasteiger partial charge in [0.05, 0.1) is 11.4 Å². The van der Waals surface area contributed by atoms with Crippen LogP contribution in [0.5, 0.6) is 0 Å². The summed E-state index contributed by atoms with van der Waals surface area (Å²) in [7, 11) is 0. The van der Waals surface area contributed by atoms with E-state index in [1.807, 2.05) is 6.07 Å². The first-order valence-electron chi connectivity index (χ1n) is 21.2. The van der Waals surface area contributed by atoms with Crippen LogP contribution in [0.4, 0.5) is 0 Å². The fraction of sp³-hybridized carbons (Fsp3) is 0.0508. The van der Waals surface area contributed by atoms with Gasteiger partial charge in [-0.1, -0.05) is 202 Å². The quantitative estimate of drug-likeness (QED) is 0.128. The third kappa shape index (κ3) is 5.56. The van der Waals surface area contributed by atoms with Gasteiger partial charge in [0.25, 0.3) is 0 Å². The van der Waals surface area contributed by atoms with Crippen LogP contribution >= 0.6 is 0 Å². The molecule has 0 aliphatic heterocycles. The van der Waals surface area contributed by atoms with E-state index < -0.39 is 0 Å². The second kappa shape index (κ2) is 13.7. The van der Waals surface area contributed by atoms with Crippen molar-refractivity contribution in [3.63, 3.8) is 0 Å². The molecule has 0 bridgehead atoms. The molecule has 2 heteroatoms. The van der Waals surface area contributed by atoms with E-state index in [4.69, 9.17) is 9.97 Å². The van der Waals surface area contributed by atoms with Crippen LogP contribution < -0.4 is 0 Å². The van der Waals surface area contributed by atoms with Crippen LogP contribution in [0.25, 0.3) is 110 Å². The van der Waals surface area contributed by atoms with Crippen molar-refractivity contribution in [2.75, 3.05) is 0 Å². The fourth-order valence-corrected chi connectivity index (χ4v) is 10.1. The van der Waals surface area contributed by atoms with Gasteiger partial charge >= 0.3 is 0 Å². The van der Waals surface area contributed by atoms with E-state index in [1.54, 1.807) is 0 Å². The molecule has 0 spiro atoms. The predicted octanol–water partition coefficient (Wildman–Crippen LogP) is 15.7. The van der Waals surface area contributed by atoms with Crippen LogP contribution in [0.15, 0.2) is 206 Å². The monoisotopic (exact) mass is 776 g/mol. The van der Waals surface area contributed by atoms with Gasteiger partial charge in [-0.2, -0.15) is 0 Å². The van der Waals surface area contributed by atoms with Crippen molar-refractivity contribution < 1.29 is 0 Å². The van der Waals surface area contributed by atoms with Gasteiger partial charge in [0.2, 0.25) is 0 Å². The van der Waals surface area contributed by atoms with Crippen LogP contribution in [0, 0.1) is 0 Å². The van der Waals surface area contributed by atoms with Crippen LogP contribution in [-0.2, 0) is 5.41 Å². The normalized spacial score (nSPS) is 12.9. The molecule has 0 fully saturated rings. The van der Waals surface area contributed by atoms with Crippen molar-refractivity contribution in [2.24, 2.45) is 0 Å². The molecular formula is C59H40N2. The smallest absolute Gasteiger partial charge is 0.160 e. The first-order chi connectivity index (χ1) is 30.0. The van der Waals surface area contributed by atoms with Crippen molar-refractivity contribution in [3.05, 3.63) is 217 Å². The lowest BCUT2D eigenvalue weighted by molar-refractivity contribution is 0.660. The Balaban J connectivity index is 1.04. The highest BCUT2D eigenvalue weighted by Crippen LogP contribution is 2.52. The van der Waals surface area contributed by atoms with Gasteiger partial charge in [-0.3, -0.25) is 0 Å². The van der Waals surface area contributed by atoms with Crippen molar-refractivity contribution >= 4 is 43.1 Å². The number of hydrogen-bond acceptors (Lipinski definition) is 2. The van der Waals surface area contributed by atoms with Crippen molar-refractivity contribution in [3.8, 4) is 67.3 Å². The Labute approximate surface area is 355 Å². The van der Waals surface area contributed by atoms with E-state index >= 15 is 0 Å². The van der Waals surface area contributed by atoms with Crippen LogP contribution in [0.2, 0.25) is 0 Å². The molecule has 0 amide bonds. The molecule has 12 rings (SSSR count). The van der Waals surface area contributed by atoms with E-state index in [9.17, 15) is 0 Å². The van der Waals surface area contributed by atoms with Crippen LogP contribution in [0.3, 0.4) is 0 Å². The minimum Gasteiger partial charge on any atom is -0.228 e. The summed E-state index contributed by atoms with van der Waals surface area (Å²) in [6.45, 7) is 4.66. The van der Waals surface area contributed by atoms with Gasteiger partial charge in [-0.05, 0) is 106 Å². The summed E-state index contributed by atoms with van der Waals surface area (Å²) in [6, 6.07) is 75.0. The zero-order valence-corrected chi connectivity index (χ0v) is 34.0. The average Bonchev–Trinajstić information content (AvgIpc) is 3.56. The van der Waals surface area contributed by atoms with E-state index in [0.717, 1.165) is 33.9 Å². The molecule has 2 nitrogen and oxygen atoms in total. The number of benzene rings is 10. The maximum absolute atomic E-state index is 5.29. The van der Waals surface area contributed by atoms with Gasteiger partial charge < -0.3 is 0 Å². The fourth-order valence-electron chi connectivity index (χ4n) is 10.1. The summed E-state index contributed by atoms with van der Waals surface area (Å²) >= 11 is 0. The highest BCUT2D eigenvalue weighted by Gasteiger charge is 2.37. The zero-order chi connectivity index (χ0) is 40.7. The Kier molecular flexibility index (Phi) is 7.92. The van der Waals surface area contributed by atoms with E-state index in [1.165, 1.54) is 87.6 Å². The molecule has 0 saturated carbocycles. The molecule has 0 unspecified atom stereocenters. The molecule has 0 atom stereocenters. The number of aromatic nitrogens is 2. The minimum absolute atomic E-state index is 0.104. The second-order valence-corrected chi connectivity index (χ2v) is 16.9. The lowest BCUT2D eigenvalue weighted by atomic mass is 9.82. The van der Waals surface area contributed by atoms with Gasteiger partial charge in [0.15, 0.2) is 5.82 Å². The Morgan fingerprint density at radius 1 is 0.328 bits per heavy atom. The van der Waals surface area contributed by atoms with Crippen molar-refractivity contribution in [1.29, 1.82) is 0 Å². The summed E-state index contributed by atoms with van der Waals surface area (Å²) in [5.74, 6) is 0.719. The van der Waals surface area contributed by atoms with Gasteiger partial charge in [0.1, 0.15) is 0 Å². The van der Waals surface area contributed by atoms with Crippen LogP contribution in [0.1, 0.15) is 25.0 Å². The summed E-state index contributed by atoms with van der Waals surface area (Å²) in [5, 5.41) is 9.91. The molecule has 286 valence electrons. The molecule has 1 aliphatic rings. The van der Waals surface area contributed by atoms with E-state index in [-0.39, 0.29) is 5.41 Å². The Bertz CT molecular complexity index is 3550. The number of rotatable bonds is 5. The first-order valence-corrected chi connectivity index (χ1v) is 21.2. The van der Waals surface area contributed by atoms with Gasteiger partial charge in [-0.15, -0.1) is 0 Å². The highest BCUT2D eigenvalue weighted by molar-refractivity contribution is 6.28. The molecule has 0 saturated heterocycles. The maximum Gasteiger partial charge on any atom is 0.160 e. The maximum atomic E-state index is 5.29. The first kappa shape index (κ1) is 35.3. The Morgan fingerprint density at radius 2 is 0.902 bits per heavy atom. The lowest BCUT2D eigenvalue weighted by Gasteiger charge is -2.21. The molecular weight excluding hydrogens is 737 g/mol. The Hall–Kier alpha value is -7.68. The van der Waals surface area contributed by atoms with Gasteiger partial charge in [0, 0.05) is 22.1 Å². The molecule has 0 radical (unpaired) electrons. The van der Waals surface area contributed by atoms with E-state index in [2.05, 4.69) is 214 Å². The third-order valence-electron chi connectivity index (χ3n) is 13.0. The summed E-state index contributed by atoms with van der Waals surface area (Å²) < 4.78 is 0. The third-order valence-corrected chi connectivity index (χ3v) is 13.0. The summed E-state index contributed by atoms with van der Waals surface area (Å²) in [6.07, 6.45) is 0. The molecule has 1 aromatic heterocycles. The average molecular weight is 777 g/mol. The molecule has 11 aromatic rings. The molecule has 61 heavy (non-hydrogen) atoms. The number of nitrogens with zero attached hydrogens (tertiary/aromatic N) is 2. The predicted molar refractivity (Wildman–Crippen MR) is 257 cm³/mol.